The fourth-order valence-electron chi connectivity index (χ4n) is 1.72. The van der Waals surface area contributed by atoms with E-state index >= 15 is 0 Å². The number of anilines is 1. The number of carbonyl (C=O) groups is 1. The minimum absolute atomic E-state index is 0.286. The van der Waals surface area contributed by atoms with Crippen LogP contribution in [0.15, 0.2) is 43.7 Å². The van der Waals surface area contributed by atoms with Gasteiger partial charge >= 0.3 is 0 Å². The van der Waals surface area contributed by atoms with E-state index in [1.807, 2.05) is 12.1 Å². The second-order valence-corrected chi connectivity index (χ2v) is 6.78. The number of hydrogen-bond donors (Lipinski definition) is 1. The molecule has 2 rings (SSSR count). The Morgan fingerprint density at radius 3 is 2.25 bits per heavy atom. The van der Waals surface area contributed by atoms with E-state index in [1.165, 1.54) is 18.2 Å². The van der Waals surface area contributed by atoms with Gasteiger partial charge in [-0.2, -0.15) is 0 Å². The molecule has 0 bridgehead atoms. The molecule has 0 radical (unpaired) electrons. The number of hydrogen-bond acceptors (Lipinski definition) is 1. The van der Waals surface area contributed by atoms with Gasteiger partial charge in [-0.1, -0.05) is 15.9 Å². The van der Waals surface area contributed by atoms with Gasteiger partial charge in [0.25, 0.3) is 5.91 Å². The molecule has 2 nitrogen and oxygen atoms in total. The van der Waals surface area contributed by atoms with Crippen LogP contribution in [0.5, 0.6) is 0 Å². The van der Waals surface area contributed by atoms with Crippen LogP contribution >= 0.6 is 47.8 Å². The predicted octanol–water partition coefficient (Wildman–Crippen LogP) is 5.67. The largest absolute Gasteiger partial charge is 0.320 e. The van der Waals surface area contributed by atoms with Crippen LogP contribution in [0.2, 0.25) is 0 Å². The molecular weight excluding hydrogens is 457 g/mol. The van der Waals surface area contributed by atoms with E-state index < -0.39 is 0 Å². The molecule has 0 spiro atoms. The van der Waals surface area contributed by atoms with Crippen LogP contribution in [-0.4, -0.2) is 5.91 Å². The summed E-state index contributed by atoms with van der Waals surface area (Å²) in [7, 11) is 0. The van der Waals surface area contributed by atoms with Gasteiger partial charge in [-0.3, -0.25) is 4.79 Å². The van der Waals surface area contributed by atoms with Crippen LogP contribution in [0.3, 0.4) is 0 Å². The minimum atomic E-state index is -0.356. The lowest BCUT2D eigenvalue weighted by atomic mass is 10.1. The quantitative estimate of drug-likeness (QED) is 0.608. The van der Waals surface area contributed by atoms with Gasteiger partial charge in [0.05, 0.1) is 5.69 Å². The first-order valence-electron chi connectivity index (χ1n) is 5.60. The van der Waals surface area contributed by atoms with Crippen molar-refractivity contribution in [1.82, 2.24) is 0 Å². The van der Waals surface area contributed by atoms with Gasteiger partial charge in [0.2, 0.25) is 0 Å². The lowest BCUT2D eigenvalue weighted by molar-refractivity contribution is 0.102. The van der Waals surface area contributed by atoms with Crippen molar-refractivity contribution in [1.29, 1.82) is 0 Å². The average molecular weight is 466 g/mol. The van der Waals surface area contributed by atoms with Crippen molar-refractivity contribution >= 4 is 59.4 Å². The summed E-state index contributed by atoms with van der Waals surface area (Å²) in [6, 6.07) is 7.74. The highest BCUT2D eigenvalue weighted by Gasteiger charge is 2.14. The van der Waals surface area contributed by atoms with Gasteiger partial charge in [0.1, 0.15) is 5.82 Å². The monoisotopic (exact) mass is 463 g/mol. The Kier molecular flexibility index (Phi) is 4.99. The van der Waals surface area contributed by atoms with Crippen LogP contribution < -0.4 is 5.32 Å². The zero-order valence-corrected chi connectivity index (χ0v) is 15.1. The third-order valence-electron chi connectivity index (χ3n) is 2.68. The number of nitrogens with one attached hydrogen (secondary N) is 1. The maximum absolute atomic E-state index is 13.1. The summed E-state index contributed by atoms with van der Waals surface area (Å²) in [5.41, 5.74) is 1.65. The zero-order chi connectivity index (χ0) is 14.9. The van der Waals surface area contributed by atoms with E-state index in [0.29, 0.717) is 16.8 Å². The van der Waals surface area contributed by atoms with Crippen LogP contribution in [0.4, 0.5) is 10.1 Å². The summed E-state index contributed by atoms with van der Waals surface area (Å²) < 4.78 is 15.4. The van der Waals surface area contributed by atoms with E-state index in [1.54, 1.807) is 6.92 Å². The van der Waals surface area contributed by atoms with E-state index in [-0.39, 0.29) is 11.7 Å². The van der Waals surface area contributed by atoms with Gasteiger partial charge in [-0.05, 0) is 74.7 Å². The SMILES string of the molecule is Cc1cc(F)ccc1C(=O)Nc1c(Br)cc(Br)cc1Br. The van der Waals surface area contributed by atoms with Crippen molar-refractivity contribution in [2.24, 2.45) is 0 Å². The lowest BCUT2D eigenvalue weighted by Crippen LogP contribution is -2.14. The molecule has 0 aliphatic carbocycles. The number of rotatable bonds is 2. The number of carbonyl (C=O) groups excluding carboxylic acids is 1. The number of aryl methyl sites for hydroxylation is 1. The third kappa shape index (κ3) is 3.48. The summed E-state index contributed by atoms with van der Waals surface area (Å²) in [6.07, 6.45) is 0. The van der Waals surface area contributed by atoms with Crippen LogP contribution in [0.25, 0.3) is 0 Å². The molecule has 0 saturated heterocycles. The number of benzene rings is 2. The van der Waals surface area contributed by atoms with Gasteiger partial charge in [0, 0.05) is 19.0 Å². The molecule has 0 fully saturated rings. The van der Waals surface area contributed by atoms with Gasteiger partial charge < -0.3 is 5.32 Å². The summed E-state index contributed by atoms with van der Waals surface area (Å²) in [6.45, 7) is 1.70. The molecule has 0 aliphatic rings. The van der Waals surface area contributed by atoms with Crippen molar-refractivity contribution in [2.45, 2.75) is 6.92 Å². The van der Waals surface area contributed by atoms with Gasteiger partial charge in [-0.25, -0.2) is 4.39 Å². The molecule has 104 valence electrons. The molecule has 0 atom stereocenters. The van der Waals surface area contributed by atoms with Crippen molar-refractivity contribution in [3.05, 3.63) is 60.7 Å². The Morgan fingerprint density at radius 1 is 1.10 bits per heavy atom. The highest BCUT2D eigenvalue weighted by atomic mass is 79.9. The van der Waals surface area contributed by atoms with Crippen molar-refractivity contribution in [3.63, 3.8) is 0 Å². The third-order valence-corrected chi connectivity index (χ3v) is 4.39. The van der Waals surface area contributed by atoms with Crippen LogP contribution in [-0.2, 0) is 0 Å². The standard InChI is InChI=1S/C14H9Br3FNO/c1-7-4-9(18)2-3-10(7)14(20)19-13-11(16)5-8(15)6-12(13)17/h2-6H,1H3,(H,19,20). The molecule has 6 heteroatoms. The number of halogens is 4. The second kappa shape index (κ2) is 6.37. The van der Waals surface area contributed by atoms with Crippen molar-refractivity contribution in [2.75, 3.05) is 5.32 Å². The maximum Gasteiger partial charge on any atom is 0.255 e. The normalized spacial score (nSPS) is 10.4. The van der Waals surface area contributed by atoms with E-state index in [0.717, 1.165) is 13.4 Å². The Bertz CT molecular complexity index is 665. The van der Waals surface area contributed by atoms with Gasteiger partial charge in [0.15, 0.2) is 0 Å². The van der Waals surface area contributed by atoms with Crippen LogP contribution in [0, 0.1) is 12.7 Å². The fraction of sp³-hybridized carbons (Fsp3) is 0.0714. The first kappa shape index (κ1) is 15.7. The molecule has 0 aliphatic heterocycles. The van der Waals surface area contributed by atoms with Crippen molar-refractivity contribution < 1.29 is 9.18 Å². The zero-order valence-electron chi connectivity index (χ0n) is 10.3. The fourth-order valence-corrected chi connectivity index (χ4v) is 4.18. The summed E-state index contributed by atoms with van der Waals surface area (Å²) in [5, 5.41) is 2.81. The molecule has 2 aromatic carbocycles. The Labute approximate surface area is 141 Å². The van der Waals surface area contributed by atoms with E-state index in [4.69, 9.17) is 0 Å². The Balaban J connectivity index is 2.33. The smallest absolute Gasteiger partial charge is 0.255 e. The van der Waals surface area contributed by atoms with Crippen LogP contribution in [0.1, 0.15) is 15.9 Å². The maximum atomic E-state index is 13.1. The first-order valence-corrected chi connectivity index (χ1v) is 7.98. The molecule has 1 N–H and O–H groups in total. The molecule has 1 amide bonds. The lowest BCUT2D eigenvalue weighted by Gasteiger charge is -2.11. The average Bonchev–Trinajstić information content (AvgIpc) is 2.33. The Morgan fingerprint density at radius 2 is 1.70 bits per heavy atom. The molecule has 0 saturated carbocycles. The molecule has 0 heterocycles. The topological polar surface area (TPSA) is 29.1 Å². The molecule has 2 aromatic rings. The highest BCUT2D eigenvalue weighted by molar-refractivity contribution is 9.11. The molecular formula is C14H9Br3FNO. The summed E-state index contributed by atoms with van der Waals surface area (Å²) in [5.74, 6) is -0.642. The van der Waals surface area contributed by atoms with Gasteiger partial charge in [-0.15, -0.1) is 0 Å². The number of amides is 1. The van der Waals surface area contributed by atoms with Crippen molar-refractivity contribution in [3.8, 4) is 0 Å². The highest BCUT2D eigenvalue weighted by Crippen LogP contribution is 2.34. The molecule has 0 unspecified atom stereocenters. The molecule has 0 aromatic heterocycles. The first-order chi connectivity index (χ1) is 9.38. The summed E-state index contributed by atoms with van der Waals surface area (Å²) in [4.78, 5) is 12.2. The summed E-state index contributed by atoms with van der Waals surface area (Å²) >= 11 is 10.2. The van der Waals surface area contributed by atoms with E-state index in [2.05, 4.69) is 53.1 Å². The second-order valence-electron chi connectivity index (χ2n) is 4.16. The Hall–Kier alpha value is -0.720. The minimum Gasteiger partial charge on any atom is -0.320 e. The predicted molar refractivity (Wildman–Crippen MR) is 88.6 cm³/mol. The van der Waals surface area contributed by atoms with E-state index in [9.17, 15) is 9.18 Å². The molecule has 20 heavy (non-hydrogen) atoms.